The second-order valence-electron chi connectivity index (χ2n) is 4.34. The zero-order chi connectivity index (χ0) is 9.68. The fourth-order valence-electron chi connectivity index (χ4n) is 2.21. The normalized spacial score (nSPS) is 24.2. The molecule has 2 nitrogen and oxygen atoms in total. The minimum absolute atomic E-state index is 0.785. The molecule has 0 aliphatic carbocycles. The zero-order valence-electron chi connectivity index (χ0n) is 9.18. The maximum absolute atomic E-state index is 5.37. The van der Waals surface area contributed by atoms with Gasteiger partial charge in [0.25, 0.3) is 0 Å². The molecule has 1 aliphatic heterocycles. The summed E-state index contributed by atoms with van der Waals surface area (Å²) in [5.41, 5.74) is 0. The maximum atomic E-state index is 5.37. The first-order valence-corrected chi connectivity index (χ1v) is 5.48. The topological polar surface area (TPSA) is 21.3 Å². The third kappa shape index (κ3) is 3.28. The predicted octanol–water partition coefficient (Wildman–Crippen LogP) is 1.90. The molecule has 78 valence electrons. The van der Waals surface area contributed by atoms with E-state index >= 15 is 0 Å². The fourth-order valence-corrected chi connectivity index (χ4v) is 2.21. The van der Waals surface area contributed by atoms with E-state index < -0.39 is 0 Å². The Labute approximate surface area is 82.0 Å². The minimum atomic E-state index is 0.785. The van der Waals surface area contributed by atoms with Crippen LogP contribution < -0.4 is 5.32 Å². The Morgan fingerprint density at radius 1 is 1.31 bits per heavy atom. The summed E-state index contributed by atoms with van der Waals surface area (Å²) in [5.74, 6) is 2.50. The highest BCUT2D eigenvalue weighted by molar-refractivity contribution is 4.74. The van der Waals surface area contributed by atoms with Gasteiger partial charge in [0.15, 0.2) is 0 Å². The Hall–Kier alpha value is -0.0800. The molecule has 1 aliphatic rings. The van der Waals surface area contributed by atoms with Gasteiger partial charge in [-0.2, -0.15) is 0 Å². The van der Waals surface area contributed by atoms with Crippen LogP contribution in [0.25, 0.3) is 0 Å². The predicted molar refractivity (Wildman–Crippen MR) is 55.8 cm³/mol. The van der Waals surface area contributed by atoms with Crippen LogP contribution in [-0.4, -0.2) is 26.8 Å². The second kappa shape index (κ2) is 5.61. The van der Waals surface area contributed by atoms with E-state index in [0.29, 0.717) is 0 Å². The first-order valence-electron chi connectivity index (χ1n) is 5.48. The molecule has 0 aromatic heterocycles. The van der Waals surface area contributed by atoms with Gasteiger partial charge in [-0.15, -0.1) is 0 Å². The van der Waals surface area contributed by atoms with E-state index in [-0.39, 0.29) is 0 Å². The first-order chi connectivity index (χ1) is 6.25. The van der Waals surface area contributed by atoms with E-state index in [1.807, 2.05) is 7.05 Å². The summed E-state index contributed by atoms with van der Waals surface area (Å²) in [5, 5.41) is 3.26. The highest BCUT2D eigenvalue weighted by Gasteiger charge is 2.24. The van der Waals surface area contributed by atoms with Crippen molar-refractivity contribution in [1.29, 1.82) is 0 Å². The lowest BCUT2D eigenvalue weighted by molar-refractivity contribution is 0.0400. The molecular weight excluding hydrogens is 162 g/mol. The summed E-state index contributed by atoms with van der Waals surface area (Å²) in [6.07, 6.45) is 2.52. The van der Waals surface area contributed by atoms with Gasteiger partial charge in [0.1, 0.15) is 0 Å². The molecule has 13 heavy (non-hydrogen) atoms. The SMILES string of the molecule is CNCC(C)C(C)C1CCOCC1. The second-order valence-corrected chi connectivity index (χ2v) is 4.34. The van der Waals surface area contributed by atoms with E-state index in [1.54, 1.807) is 0 Å². The highest BCUT2D eigenvalue weighted by Crippen LogP contribution is 2.28. The standard InChI is InChI=1S/C11H23NO/c1-9(8-12-3)10(2)11-4-6-13-7-5-11/h9-12H,4-8H2,1-3H3. The third-order valence-corrected chi connectivity index (χ3v) is 3.43. The van der Waals surface area contributed by atoms with Crippen LogP contribution in [0.4, 0.5) is 0 Å². The zero-order valence-corrected chi connectivity index (χ0v) is 9.18. The number of ether oxygens (including phenoxy) is 1. The van der Waals surface area contributed by atoms with Gasteiger partial charge in [0.2, 0.25) is 0 Å². The Balaban J connectivity index is 2.31. The van der Waals surface area contributed by atoms with E-state index in [2.05, 4.69) is 19.2 Å². The number of nitrogens with one attached hydrogen (secondary N) is 1. The van der Waals surface area contributed by atoms with Crippen molar-refractivity contribution in [3.05, 3.63) is 0 Å². The van der Waals surface area contributed by atoms with Crippen molar-refractivity contribution in [2.45, 2.75) is 26.7 Å². The molecule has 0 radical (unpaired) electrons. The van der Waals surface area contributed by atoms with Gasteiger partial charge in [0, 0.05) is 13.2 Å². The molecule has 2 atom stereocenters. The average molecular weight is 185 g/mol. The summed E-state index contributed by atoms with van der Waals surface area (Å²) in [6, 6.07) is 0. The van der Waals surface area contributed by atoms with Crippen molar-refractivity contribution in [1.82, 2.24) is 5.32 Å². The molecule has 1 N–H and O–H groups in total. The monoisotopic (exact) mass is 185 g/mol. The largest absolute Gasteiger partial charge is 0.381 e. The number of hydrogen-bond acceptors (Lipinski definition) is 2. The Bertz CT molecular complexity index is 132. The van der Waals surface area contributed by atoms with Gasteiger partial charge in [-0.25, -0.2) is 0 Å². The molecule has 2 heteroatoms. The van der Waals surface area contributed by atoms with Crippen LogP contribution in [0, 0.1) is 17.8 Å². The molecule has 0 aromatic rings. The van der Waals surface area contributed by atoms with Gasteiger partial charge >= 0.3 is 0 Å². The molecule has 1 saturated heterocycles. The first kappa shape index (κ1) is 11.0. The van der Waals surface area contributed by atoms with Crippen LogP contribution >= 0.6 is 0 Å². The van der Waals surface area contributed by atoms with Gasteiger partial charge in [-0.05, 0) is 44.2 Å². The summed E-state index contributed by atoms with van der Waals surface area (Å²) >= 11 is 0. The quantitative estimate of drug-likeness (QED) is 0.722. The smallest absolute Gasteiger partial charge is 0.0468 e. The average Bonchev–Trinajstić information content (AvgIpc) is 2.18. The Morgan fingerprint density at radius 3 is 2.46 bits per heavy atom. The van der Waals surface area contributed by atoms with Gasteiger partial charge < -0.3 is 10.1 Å². The summed E-state index contributed by atoms with van der Waals surface area (Å²) in [7, 11) is 2.03. The van der Waals surface area contributed by atoms with Crippen LogP contribution in [0.3, 0.4) is 0 Å². The molecule has 2 unspecified atom stereocenters. The van der Waals surface area contributed by atoms with Crippen molar-refractivity contribution in [2.24, 2.45) is 17.8 Å². The molecule has 0 bridgehead atoms. The van der Waals surface area contributed by atoms with Crippen molar-refractivity contribution >= 4 is 0 Å². The van der Waals surface area contributed by atoms with Gasteiger partial charge in [-0.3, -0.25) is 0 Å². The minimum Gasteiger partial charge on any atom is -0.381 e. The Kier molecular flexibility index (Phi) is 4.74. The van der Waals surface area contributed by atoms with Crippen molar-refractivity contribution in [3.63, 3.8) is 0 Å². The highest BCUT2D eigenvalue weighted by atomic mass is 16.5. The van der Waals surface area contributed by atoms with Crippen LogP contribution in [0.15, 0.2) is 0 Å². The fraction of sp³-hybridized carbons (Fsp3) is 1.00. The van der Waals surface area contributed by atoms with Gasteiger partial charge in [0.05, 0.1) is 0 Å². The van der Waals surface area contributed by atoms with E-state index in [0.717, 1.165) is 37.5 Å². The molecule has 0 aromatic carbocycles. The molecule has 1 rings (SSSR count). The maximum Gasteiger partial charge on any atom is 0.0468 e. The van der Waals surface area contributed by atoms with E-state index in [9.17, 15) is 0 Å². The molecular formula is C11H23NO. The van der Waals surface area contributed by atoms with Crippen LogP contribution in [-0.2, 0) is 4.74 Å². The summed E-state index contributed by atoms with van der Waals surface area (Å²) in [4.78, 5) is 0. The third-order valence-electron chi connectivity index (χ3n) is 3.43. The van der Waals surface area contributed by atoms with Crippen molar-refractivity contribution in [3.8, 4) is 0 Å². The van der Waals surface area contributed by atoms with E-state index in [4.69, 9.17) is 4.74 Å². The van der Waals surface area contributed by atoms with Crippen molar-refractivity contribution in [2.75, 3.05) is 26.8 Å². The van der Waals surface area contributed by atoms with Crippen LogP contribution in [0.5, 0.6) is 0 Å². The number of rotatable bonds is 4. The van der Waals surface area contributed by atoms with E-state index in [1.165, 1.54) is 12.8 Å². The Morgan fingerprint density at radius 2 is 1.92 bits per heavy atom. The van der Waals surface area contributed by atoms with Gasteiger partial charge in [-0.1, -0.05) is 13.8 Å². The van der Waals surface area contributed by atoms with Crippen molar-refractivity contribution < 1.29 is 4.74 Å². The lowest BCUT2D eigenvalue weighted by Crippen LogP contribution is -2.30. The molecule has 0 spiro atoms. The molecule has 0 amide bonds. The lowest BCUT2D eigenvalue weighted by Gasteiger charge is -2.31. The lowest BCUT2D eigenvalue weighted by atomic mass is 9.80. The molecule has 1 fully saturated rings. The summed E-state index contributed by atoms with van der Waals surface area (Å²) in [6.45, 7) is 7.82. The van der Waals surface area contributed by atoms with Crippen LogP contribution in [0.2, 0.25) is 0 Å². The molecule has 1 heterocycles. The summed E-state index contributed by atoms with van der Waals surface area (Å²) < 4.78 is 5.37. The number of hydrogen-bond donors (Lipinski definition) is 1. The molecule has 0 saturated carbocycles. The van der Waals surface area contributed by atoms with Crippen LogP contribution in [0.1, 0.15) is 26.7 Å².